The van der Waals surface area contributed by atoms with Crippen molar-refractivity contribution in [2.75, 3.05) is 0 Å². The van der Waals surface area contributed by atoms with E-state index in [-0.39, 0.29) is 0 Å². The Bertz CT molecular complexity index is 457. The zero-order valence-corrected chi connectivity index (χ0v) is 8.67. The van der Waals surface area contributed by atoms with Crippen LogP contribution in [0.25, 0.3) is 10.4 Å². The first-order valence-electron chi connectivity index (χ1n) is 4.40. The predicted octanol–water partition coefficient (Wildman–Crippen LogP) is 3.54. The molecule has 0 aliphatic rings. The maximum Gasteiger partial charge on any atom is 0.150 e. The van der Waals surface area contributed by atoms with Crippen molar-refractivity contribution < 1.29 is 4.79 Å². The van der Waals surface area contributed by atoms with Gasteiger partial charge in [0, 0.05) is 10.4 Å². The molecule has 0 atom stereocenters. The Morgan fingerprint density at radius 3 is 2.79 bits per heavy atom. The number of carbonyl (C=O) groups is 1. The summed E-state index contributed by atoms with van der Waals surface area (Å²) < 4.78 is 0. The number of thiophene rings is 1. The highest BCUT2D eigenvalue weighted by molar-refractivity contribution is 7.13. The lowest BCUT2D eigenvalue weighted by Gasteiger charge is -1.97. The van der Waals surface area contributed by atoms with Gasteiger partial charge in [0.25, 0.3) is 0 Å². The molecule has 2 rings (SSSR count). The van der Waals surface area contributed by atoms with E-state index in [0.717, 1.165) is 17.4 Å². The lowest BCUT2D eigenvalue weighted by atomic mass is 10.1. The molecule has 0 N–H and O–H groups in total. The van der Waals surface area contributed by atoms with Crippen molar-refractivity contribution in [2.24, 2.45) is 0 Å². The second-order valence-corrected chi connectivity index (χ2v) is 4.14. The van der Waals surface area contributed by atoms with Gasteiger partial charge in [0.15, 0.2) is 0 Å². The van der Waals surface area contributed by atoms with E-state index >= 15 is 0 Å². The minimum Gasteiger partial charge on any atom is -0.298 e. The van der Waals surface area contributed by atoms with Gasteiger partial charge in [0.05, 0.1) is 0 Å². The van der Waals surface area contributed by atoms with Gasteiger partial charge in [0.1, 0.15) is 6.29 Å². The highest BCUT2D eigenvalue weighted by Crippen LogP contribution is 2.27. The minimum absolute atomic E-state index is 0.730. The summed E-state index contributed by atoms with van der Waals surface area (Å²) in [5.74, 6) is 0. The van der Waals surface area contributed by atoms with Crippen molar-refractivity contribution in [2.45, 2.75) is 6.92 Å². The smallest absolute Gasteiger partial charge is 0.150 e. The largest absolute Gasteiger partial charge is 0.298 e. The molecule has 2 aromatic rings. The molecule has 0 bridgehead atoms. The molecule has 0 aliphatic heterocycles. The molecule has 0 saturated carbocycles. The molecule has 0 fully saturated rings. The second kappa shape index (κ2) is 3.76. The second-order valence-electron chi connectivity index (χ2n) is 3.23. The van der Waals surface area contributed by atoms with Crippen LogP contribution in [0.15, 0.2) is 35.7 Å². The predicted molar refractivity (Wildman–Crippen MR) is 59.9 cm³/mol. The highest BCUT2D eigenvalue weighted by Gasteiger charge is 2.00. The Hall–Kier alpha value is -1.41. The SMILES string of the molecule is Cc1csc(-c2cccc(C=O)c2)c1. The van der Waals surface area contributed by atoms with Gasteiger partial charge in [-0.25, -0.2) is 0 Å². The van der Waals surface area contributed by atoms with Crippen LogP contribution >= 0.6 is 11.3 Å². The molecule has 0 unspecified atom stereocenters. The van der Waals surface area contributed by atoms with E-state index in [1.165, 1.54) is 10.4 Å². The van der Waals surface area contributed by atoms with Crippen molar-refractivity contribution in [1.82, 2.24) is 0 Å². The van der Waals surface area contributed by atoms with Crippen LogP contribution in [0, 0.1) is 6.92 Å². The fourth-order valence-corrected chi connectivity index (χ4v) is 2.25. The Morgan fingerprint density at radius 1 is 1.29 bits per heavy atom. The first-order chi connectivity index (χ1) is 6.79. The Labute approximate surface area is 87.0 Å². The molecule has 2 heteroatoms. The van der Waals surface area contributed by atoms with Crippen molar-refractivity contribution in [3.05, 3.63) is 46.8 Å². The Kier molecular flexibility index (Phi) is 2.46. The first-order valence-corrected chi connectivity index (χ1v) is 5.28. The minimum atomic E-state index is 0.730. The molecule has 70 valence electrons. The maximum absolute atomic E-state index is 10.6. The number of aldehydes is 1. The third kappa shape index (κ3) is 1.75. The van der Waals surface area contributed by atoms with Crippen LogP contribution in [0.1, 0.15) is 15.9 Å². The lowest BCUT2D eigenvalue weighted by Crippen LogP contribution is -1.79. The molecule has 0 aliphatic carbocycles. The number of hydrogen-bond acceptors (Lipinski definition) is 2. The fourth-order valence-electron chi connectivity index (χ4n) is 1.35. The van der Waals surface area contributed by atoms with Gasteiger partial charge < -0.3 is 0 Å². The molecule has 0 spiro atoms. The summed E-state index contributed by atoms with van der Waals surface area (Å²) in [5.41, 5.74) is 3.11. The summed E-state index contributed by atoms with van der Waals surface area (Å²) in [4.78, 5) is 11.8. The fraction of sp³-hybridized carbons (Fsp3) is 0.0833. The third-order valence-corrected chi connectivity index (χ3v) is 3.13. The molecule has 1 heterocycles. The van der Waals surface area contributed by atoms with Gasteiger partial charge in [-0.05, 0) is 35.6 Å². The monoisotopic (exact) mass is 202 g/mol. The molecule has 0 saturated heterocycles. The van der Waals surface area contributed by atoms with E-state index in [2.05, 4.69) is 18.4 Å². The summed E-state index contributed by atoms with van der Waals surface area (Å²) in [6.45, 7) is 2.07. The lowest BCUT2D eigenvalue weighted by molar-refractivity contribution is 0.112. The topological polar surface area (TPSA) is 17.1 Å². The van der Waals surface area contributed by atoms with Crippen molar-refractivity contribution in [1.29, 1.82) is 0 Å². The van der Waals surface area contributed by atoms with Crippen molar-refractivity contribution in [3.8, 4) is 10.4 Å². The molecule has 1 aromatic carbocycles. The molecular weight excluding hydrogens is 192 g/mol. The number of benzene rings is 1. The van der Waals surface area contributed by atoms with Crippen LogP contribution in [-0.2, 0) is 0 Å². The van der Waals surface area contributed by atoms with Gasteiger partial charge in [-0.15, -0.1) is 11.3 Å². The molecule has 1 aromatic heterocycles. The van der Waals surface area contributed by atoms with E-state index in [1.54, 1.807) is 11.3 Å². The number of rotatable bonds is 2. The molecule has 0 amide bonds. The molecule has 0 radical (unpaired) electrons. The van der Waals surface area contributed by atoms with Crippen LogP contribution in [-0.4, -0.2) is 6.29 Å². The third-order valence-electron chi connectivity index (χ3n) is 2.04. The van der Waals surface area contributed by atoms with Crippen LogP contribution in [0.4, 0.5) is 0 Å². The number of carbonyl (C=O) groups excluding carboxylic acids is 1. The standard InChI is InChI=1S/C12H10OS/c1-9-5-12(14-8-9)11-4-2-3-10(6-11)7-13/h2-8H,1H3. The van der Waals surface area contributed by atoms with Gasteiger partial charge in [-0.2, -0.15) is 0 Å². The van der Waals surface area contributed by atoms with E-state index in [1.807, 2.05) is 24.3 Å². The quantitative estimate of drug-likeness (QED) is 0.681. The zero-order chi connectivity index (χ0) is 9.97. The number of hydrogen-bond donors (Lipinski definition) is 0. The Morgan fingerprint density at radius 2 is 2.14 bits per heavy atom. The summed E-state index contributed by atoms with van der Waals surface area (Å²) in [7, 11) is 0. The van der Waals surface area contributed by atoms with Gasteiger partial charge >= 0.3 is 0 Å². The Balaban J connectivity index is 2.46. The van der Waals surface area contributed by atoms with Crippen molar-refractivity contribution in [3.63, 3.8) is 0 Å². The normalized spacial score (nSPS) is 10.1. The summed E-state index contributed by atoms with van der Waals surface area (Å²) >= 11 is 1.71. The van der Waals surface area contributed by atoms with Gasteiger partial charge in [-0.1, -0.05) is 18.2 Å². The summed E-state index contributed by atoms with van der Waals surface area (Å²) in [5, 5.41) is 2.11. The molecular formula is C12H10OS. The average Bonchev–Trinajstić information content (AvgIpc) is 2.65. The van der Waals surface area contributed by atoms with E-state index in [4.69, 9.17) is 0 Å². The maximum atomic E-state index is 10.6. The molecule has 1 nitrogen and oxygen atoms in total. The van der Waals surface area contributed by atoms with Crippen LogP contribution in [0.5, 0.6) is 0 Å². The van der Waals surface area contributed by atoms with E-state index in [0.29, 0.717) is 0 Å². The van der Waals surface area contributed by atoms with Crippen LogP contribution < -0.4 is 0 Å². The van der Waals surface area contributed by atoms with Crippen LogP contribution in [0.2, 0.25) is 0 Å². The average molecular weight is 202 g/mol. The first kappa shape index (κ1) is 9.16. The summed E-state index contributed by atoms with van der Waals surface area (Å²) in [6.07, 6.45) is 0.879. The van der Waals surface area contributed by atoms with E-state index in [9.17, 15) is 4.79 Å². The van der Waals surface area contributed by atoms with Gasteiger partial charge in [0.2, 0.25) is 0 Å². The zero-order valence-electron chi connectivity index (χ0n) is 7.86. The van der Waals surface area contributed by atoms with Crippen LogP contribution in [0.3, 0.4) is 0 Å². The highest BCUT2D eigenvalue weighted by atomic mass is 32.1. The van der Waals surface area contributed by atoms with Gasteiger partial charge in [-0.3, -0.25) is 4.79 Å². The van der Waals surface area contributed by atoms with E-state index < -0.39 is 0 Å². The molecule has 14 heavy (non-hydrogen) atoms. The van der Waals surface area contributed by atoms with Crippen molar-refractivity contribution >= 4 is 17.6 Å². The summed E-state index contributed by atoms with van der Waals surface area (Å²) in [6, 6.07) is 9.80. The number of aryl methyl sites for hydroxylation is 1.